The van der Waals surface area contributed by atoms with Crippen molar-refractivity contribution in [3.8, 4) is 0 Å². The van der Waals surface area contributed by atoms with Crippen LogP contribution in [0.4, 0.5) is 11.4 Å². The highest BCUT2D eigenvalue weighted by Crippen LogP contribution is 2.24. The highest BCUT2D eigenvalue weighted by molar-refractivity contribution is 7.92. The van der Waals surface area contributed by atoms with Gasteiger partial charge < -0.3 is 11.1 Å². The molecular weight excluding hydrogens is 352 g/mol. The average Bonchev–Trinajstić information content (AvgIpc) is 2.51. The highest BCUT2D eigenvalue weighted by Gasteiger charge is 2.16. The van der Waals surface area contributed by atoms with Crippen LogP contribution in [0.5, 0.6) is 0 Å². The fourth-order valence-electron chi connectivity index (χ4n) is 2.11. The van der Waals surface area contributed by atoms with E-state index in [1.54, 1.807) is 24.3 Å². The van der Waals surface area contributed by atoms with Crippen molar-refractivity contribution in [2.45, 2.75) is 6.54 Å². The van der Waals surface area contributed by atoms with Crippen LogP contribution in [0, 0.1) is 0 Å². The van der Waals surface area contributed by atoms with Crippen molar-refractivity contribution in [3.05, 3.63) is 52.8 Å². The number of halogens is 1. The van der Waals surface area contributed by atoms with E-state index in [1.807, 2.05) is 0 Å². The van der Waals surface area contributed by atoms with E-state index in [1.165, 1.54) is 23.6 Å². The Balaban J connectivity index is 2.31. The molecule has 0 fully saturated rings. The number of nitrogens with zero attached hydrogens (tertiary/aromatic N) is 2. The summed E-state index contributed by atoms with van der Waals surface area (Å²) in [6.45, 7) is 0.274. The third-order valence-corrected chi connectivity index (χ3v) is 4.83. The number of hydrogen-bond donors (Lipinski definition) is 2. The second kappa shape index (κ2) is 7.06. The molecule has 1 heterocycles. The maximum atomic E-state index is 11.8. The van der Waals surface area contributed by atoms with E-state index in [-0.39, 0.29) is 17.3 Å². The minimum Gasteiger partial charge on any atom is -0.380 e. The summed E-state index contributed by atoms with van der Waals surface area (Å²) in [4.78, 5) is 15.3. The number of amides is 1. The summed E-state index contributed by atoms with van der Waals surface area (Å²) >= 11 is 5.85. The third-order valence-electron chi connectivity index (χ3n) is 3.43. The van der Waals surface area contributed by atoms with Crippen molar-refractivity contribution < 1.29 is 13.2 Å². The number of hydrogen-bond acceptors (Lipinski definition) is 5. The van der Waals surface area contributed by atoms with E-state index in [0.29, 0.717) is 11.4 Å². The summed E-state index contributed by atoms with van der Waals surface area (Å²) < 4.78 is 24.7. The Morgan fingerprint density at radius 3 is 2.67 bits per heavy atom. The molecule has 9 heteroatoms. The van der Waals surface area contributed by atoms with E-state index in [2.05, 4.69) is 10.3 Å². The topological polar surface area (TPSA) is 105 Å². The molecule has 0 aliphatic carbocycles. The smallest absolute Gasteiger partial charge is 0.252 e. The van der Waals surface area contributed by atoms with Crippen LogP contribution in [-0.2, 0) is 16.6 Å². The first-order chi connectivity index (χ1) is 11.2. The second-order valence-corrected chi connectivity index (χ2v) is 7.53. The number of primary amides is 1. The number of carbonyl (C=O) groups excluding carboxylic acids is 1. The molecule has 0 aliphatic rings. The molecule has 2 aromatic rings. The van der Waals surface area contributed by atoms with E-state index in [0.717, 1.165) is 11.8 Å². The normalized spacial score (nSPS) is 11.1. The van der Waals surface area contributed by atoms with Gasteiger partial charge in [-0.2, -0.15) is 0 Å². The predicted octanol–water partition coefficient (Wildman–Crippen LogP) is 1.84. The summed E-state index contributed by atoms with van der Waals surface area (Å²) in [6.07, 6.45) is 2.42. The molecule has 128 valence electrons. The molecule has 1 aromatic heterocycles. The summed E-state index contributed by atoms with van der Waals surface area (Å²) in [5.41, 5.74) is 7.22. The number of aromatic nitrogens is 1. The zero-order valence-corrected chi connectivity index (χ0v) is 14.7. The summed E-state index contributed by atoms with van der Waals surface area (Å²) in [5, 5.41) is 3.26. The molecule has 24 heavy (non-hydrogen) atoms. The lowest BCUT2D eigenvalue weighted by molar-refractivity contribution is 0.100. The Hall–Kier alpha value is -2.32. The minimum absolute atomic E-state index is 0.202. The minimum atomic E-state index is -3.39. The Morgan fingerprint density at radius 2 is 2.04 bits per heavy atom. The monoisotopic (exact) mass is 368 g/mol. The third kappa shape index (κ3) is 4.15. The maximum absolute atomic E-state index is 11.8. The lowest BCUT2D eigenvalue weighted by Crippen LogP contribution is -2.26. The molecule has 1 amide bonds. The Bertz CT molecular complexity index is 871. The van der Waals surface area contributed by atoms with Gasteiger partial charge in [-0.25, -0.2) is 13.4 Å². The van der Waals surface area contributed by atoms with Gasteiger partial charge in [-0.3, -0.25) is 9.10 Å². The van der Waals surface area contributed by atoms with Gasteiger partial charge in [0.2, 0.25) is 10.0 Å². The van der Waals surface area contributed by atoms with Gasteiger partial charge in [0, 0.05) is 19.8 Å². The molecule has 3 N–H and O–H groups in total. The molecule has 0 saturated heterocycles. The highest BCUT2D eigenvalue weighted by atomic mass is 35.5. The summed E-state index contributed by atoms with van der Waals surface area (Å²) in [7, 11) is -1.91. The summed E-state index contributed by atoms with van der Waals surface area (Å²) in [6, 6.07) is 8.53. The average molecular weight is 369 g/mol. The first kappa shape index (κ1) is 18.0. The Kier molecular flexibility index (Phi) is 5.30. The Labute approximate surface area is 145 Å². The van der Waals surface area contributed by atoms with Gasteiger partial charge in [0.25, 0.3) is 5.91 Å². The van der Waals surface area contributed by atoms with Crippen LogP contribution in [0.1, 0.15) is 15.9 Å². The van der Waals surface area contributed by atoms with E-state index < -0.39 is 15.9 Å². The van der Waals surface area contributed by atoms with E-state index in [9.17, 15) is 13.2 Å². The molecule has 0 spiro atoms. The van der Waals surface area contributed by atoms with Crippen molar-refractivity contribution in [1.82, 2.24) is 4.98 Å². The number of pyridine rings is 1. The standard InChI is InChI=1S/C15H17ClN4O3S/c1-20(24(2,22)23)13-6-4-3-5-10(13)8-18-12-7-14(16)19-9-11(12)15(17)21/h3-7,9H,8H2,1-2H3,(H2,17,21)(H,18,19). The largest absolute Gasteiger partial charge is 0.380 e. The van der Waals surface area contributed by atoms with Crippen molar-refractivity contribution in [2.75, 3.05) is 22.9 Å². The molecule has 7 nitrogen and oxygen atoms in total. The number of rotatable bonds is 6. The number of para-hydroxylation sites is 1. The molecule has 0 aliphatic heterocycles. The van der Waals surface area contributed by atoms with E-state index >= 15 is 0 Å². The van der Waals surface area contributed by atoms with Crippen LogP contribution < -0.4 is 15.4 Å². The van der Waals surface area contributed by atoms with Gasteiger partial charge in [0.05, 0.1) is 23.2 Å². The SMILES string of the molecule is CN(c1ccccc1CNc1cc(Cl)ncc1C(N)=O)S(C)(=O)=O. The fraction of sp³-hybridized carbons (Fsp3) is 0.200. The van der Waals surface area contributed by atoms with Crippen molar-refractivity contribution in [2.24, 2.45) is 5.73 Å². The van der Waals surface area contributed by atoms with Crippen molar-refractivity contribution in [3.63, 3.8) is 0 Å². The van der Waals surface area contributed by atoms with Crippen LogP contribution in [0.25, 0.3) is 0 Å². The van der Waals surface area contributed by atoms with Crippen LogP contribution in [0.3, 0.4) is 0 Å². The number of benzene rings is 1. The number of anilines is 2. The van der Waals surface area contributed by atoms with Gasteiger partial charge >= 0.3 is 0 Å². The first-order valence-electron chi connectivity index (χ1n) is 6.91. The zero-order chi connectivity index (χ0) is 17.9. The van der Waals surface area contributed by atoms with Crippen molar-refractivity contribution >= 4 is 38.9 Å². The van der Waals surface area contributed by atoms with Crippen LogP contribution in [0.15, 0.2) is 36.5 Å². The van der Waals surface area contributed by atoms with Crippen molar-refractivity contribution in [1.29, 1.82) is 0 Å². The van der Waals surface area contributed by atoms with Gasteiger partial charge in [0.1, 0.15) is 5.15 Å². The number of sulfonamides is 1. The van der Waals surface area contributed by atoms with Gasteiger partial charge in [-0.15, -0.1) is 0 Å². The predicted molar refractivity (Wildman–Crippen MR) is 94.8 cm³/mol. The molecule has 0 atom stereocenters. The zero-order valence-electron chi connectivity index (χ0n) is 13.2. The van der Waals surface area contributed by atoms with Gasteiger partial charge in [-0.05, 0) is 17.7 Å². The van der Waals surface area contributed by atoms with Crippen LogP contribution >= 0.6 is 11.6 Å². The molecule has 0 saturated carbocycles. The quantitative estimate of drug-likeness (QED) is 0.757. The molecule has 1 aromatic carbocycles. The number of nitrogens with two attached hydrogens (primary N) is 1. The second-order valence-electron chi connectivity index (χ2n) is 5.13. The van der Waals surface area contributed by atoms with Gasteiger partial charge in [-0.1, -0.05) is 29.8 Å². The molecule has 2 rings (SSSR count). The number of nitrogens with one attached hydrogen (secondary N) is 1. The maximum Gasteiger partial charge on any atom is 0.252 e. The lowest BCUT2D eigenvalue weighted by Gasteiger charge is -2.21. The fourth-order valence-corrected chi connectivity index (χ4v) is 2.80. The van der Waals surface area contributed by atoms with Gasteiger partial charge in [0.15, 0.2) is 0 Å². The first-order valence-corrected chi connectivity index (χ1v) is 9.14. The van der Waals surface area contributed by atoms with Crippen LogP contribution in [-0.4, -0.2) is 32.6 Å². The molecule has 0 unspecified atom stereocenters. The summed E-state index contributed by atoms with van der Waals surface area (Å²) in [5.74, 6) is -0.636. The molecular formula is C15H17ClN4O3S. The number of carbonyl (C=O) groups is 1. The molecule has 0 bridgehead atoms. The van der Waals surface area contributed by atoms with Crippen LogP contribution in [0.2, 0.25) is 5.15 Å². The molecule has 0 radical (unpaired) electrons. The van der Waals surface area contributed by atoms with E-state index in [4.69, 9.17) is 17.3 Å². The Morgan fingerprint density at radius 1 is 1.38 bits per heavy atom. The lowest BCUT2D eigenvalue weighted by atomic mass is 10.1.